The Morgan fingerprint density at radius 1 is 1.03 bits per heavy atom. The van der Waals surface area contributed by atoms with Gasteiger partial charge in [0.25, 0.3) is 5.91 Å². The number of nitrogens with one attached hydrogen (secondary N) is 1. The van der Waals surface area contributed by atoms with Gasteiger partial charge in [0.15, 0.2) is 0 Å². The van der Waals surface area contributed by atoms with Gasteiger partial charge in [-0.05, 0) is 61.7 Å². The molecule has 0 spiro atoms. The van der Waals surface area contributed by atoms with Crippen LogP contribution in [0.25, 0.3) is 17.0 Å². The third-order valence-electron chi connectivity index (χ3n) is 5.71. The van der Waals surface area contributed by atoms with Gasteiger partial charge in [-0.25, -0.2) is 9.59 Å². The quantitative estimate of drug-likeness (QED) is 0.233. The van der Waals surface area contributed by atoms with Crippen molar-refractivity contribution < 1.29 is 23.5 Å². The van der Waals surface area contributed by atoms with Crippen LogP contribution in [0.5, 0.6) is 11.5 Å². The summed E-state index contributed by atoms with van der Waals surface area (Å²) in [6.45, 7) is 2.50. The highest BCUT2D eigenvalue weighted by atomic mass is 16.5. The highest BCUT2D eigenvalue weighted by Crippen LogP contribution is 2.22. The van der Waals surface area contributed by atoms with E-state index < -0.39 is 17.5 Å². The van der Waals surface area contributed by atoms with E-state index in [2.05, 4.69) is 5.32 Å². The van der Waals surface area contributed by atoms with E-state index in [-0.39, 0.29) is 22.9 Å². The molecule has 0 aliphatic heterocycles. The van der Waals surface area contributed by atoms with Crippen LogP contribution in [0.3, 0.4) is 0 Å². The summed E-state index contributed by atoms with van der Waals surface area (Å²) < 4.78 is 16.1. The summed E-state index contributed by atoms with van der Waals surface area (Å²) in [6.07, 6.45) is 8.13. The lowest BCUT2D eigenvalue weighted by atomic mass is 9.95. The van der Waals surface area contributed by atoms with Crippen LogP contribution in [-0.4, -0.2) is 24.5 Å². The van der Waals surface area contributed by atoms with Crippen LogP contribution in [0.4, 0.5) is 0 Å². The van der Waals surface area contributed by atoms with Gasteiger partial charge in [0.05, 0.1) is 6.61 Å². The van der Waals surface area contributed by atoms with Crippen LogP contribution in [0, 0.1) is 0 Å². The van der Waals surface area contributed by atoms with Crippen LogP contribution < -0.4 is 20.4 Å². The molecule has 1 N–H and O–H groups in total. The first-order valence-corrected chi connectivity index (χ1v) is 11.5. The summed E-state index contributed by atoms with van der Waals surface area (Å²) in [5.74, 6) is 0.00227. The lowest BCUT2D eigenvalue weighted by Crippen LogP contribution is -2.38. The van der Waals surface area contributed by atoms with Crippen molar-refractivity contribution >= 4 is 28.9 Å². The van der Waals surface area contributed by atoms with Crippen molar-refractivity contribution in [3.8, 4) is 11.5 Å². The van der Waals surface area contributed by atoms with Crippen LogP contribution in [-0.2, 0) is 4.79 Å². The largest absolute Gasteiger partial charge is 0.494 e. The zero-order valence-electron chi connectivity index (χ0n) is 19.0. The number of carbonyl (C=O) groups is 2. The predicted octanol–water partition coefficient (Wildman–Crippen LogP) is 4.87. The maximum absolute atomic E-state index is 12.6. The molecule has 0 bridgehead atoms. The summed E-state index contributed by atoms with van der Waals surface area (Å²) in [6, 6.07) is 13.6. The van der Waals surface area contributed by atoms with Gasteiger partial charge in [0, 0.05) is 23.6 Å². The minimum Gasteiger partial charge on any atom is -0.494 e. The number of amides is 1. The molecule has 7 heteroatoms. The second-order valence-corrected chi connectivity index (χ2v) is 8.21. The molecular weight excluding hydrogens is 434 g/mol. The fourth-order valence-corrected chi connectivity index (χ4v) is 3.98. The highest BCUT2D eigenvalue weighted by molar-refractivity contribution is 5.97. The number of rotatable bonds is 7. The van der Waals surface area contributed by atoms with Gasteiger partial charge in [0.2, 0.25) is 0 Å². The van der Waals surface area contributed by atoms with Crippen LogP contribution in [0.15, 0.2) is 63.8 Å². The lowest BCUT2D eigenvalue weighted by molar-refractivity contribution is -0.128. The molecule has 0 unspecified atom stereocenters. The van der Waals surface area contributed by atoms with Crippen LogP contribution in [0.1, 0.15) is 54.9 Å². The molecule has 1 amide bonds. The van der Waals surface area contributed by atoms with E-state index in [1.165, 1.54) is 24.6 Å². The summed E-state index contributed by atoms with van der Waals surface area (Å²) in [7, 11) is 0. The van der Waals surface area contributed by atoms with Crippen molar-refractivity contribution in [1.82, 2.24) is 5.32 Å². The number of carbonyl (C=O) groups excluding carboxylic acids is 2. The van der Waals surface area contributed by atoms with E-state index in [0.29, 0.717) is 12.0 Å². The highest BCUT2D eigenvalue weighted by Gasteiger charge is 2.20. The number of hydrogen-bond donors (Lipinski definition) is 1. The third-order valence-corrected chi connectivity index (χ3v) is 5.71. The van der Waals surface area contributed by atoms with Crippen molar-refractivity contribution in [2.45, 2.75) is 45.1 Å². The normalized spacial score (nSPS) is 14.3. The molecule has 4 rings (SSSR count). The molecule has 7 nitrogen and oxygen atoms in total. The minimum absolute atomic E-state index is 0.0268. The van der Waals surface area contributed by atoms with Gasteiger partial charge in [-0.1, -0.05) is 31.4 Å². The molecule has 1 saturated carbocycles. The molecule has 1 aromatic heterocycles. The molecular formula is C27H27NO6. The first-order valence-electron chi connectivity index (χ1n) is 11.5. The van der Waals surface area contributed by atoms with E-state index in [1.807, 2.05) is 31.2 Å². The monoisotopic (exact) mass is 461 g/mol. The van der Waals surface area contributed by atoms with Crippen molar-refractivity contribution in [3.05, 3.63) is 76.2 Å². The summed E-state index contributed by atoms with van der Waals surface area (Å²) in [5.41, 5.74) is 0.310. The van der Waals surface area contributed by atoms with Gasteiger partial charge in [-0.15, -0.1) is 0 Å². The first-order chi connectivity index (χ1) is 16.5. The minimum atomic E-state index is -0.723. The van der Waals surface area contributed by atoms with Gasteiger partial charge in [-0.2, -0.15) is 0 Å². The van der Waals surface area contributed by atoms with E-state index in [0.717, 1.165) is 37.0 Å². The average molecular weight is 462 g/mol. The second-order valence-electron chi connectivity index (χ2n) is 8.21. The topological polar surface area (TPSA) is 94.8 Å². The van der Waals surface area contributed by atoms with Gasteiger partial charge < -0.3 is 19.2 Å². The third kappa shape index (κ3) is 5.92. The standard InChI is InChI=1S/C27H27NO6/c1-2-32-21-12-8-18(9-13-21)10-15-25(29)33-22-14-11-19-16-23(27(31)34-24(19)17-22)26(30)28-20-6-4-3-5-7-20/h8-17,20H,2-7H2,1H3,(H,28,30)/b15-10+. The Morgan fingerprint density at radius 3 is 2.50 bits per heavy atom. The number of fused-ring (bicyclic) bond motifs is 1. The zero-order valence-corrected chi connectivity index (χ0v) is 19.0. The molecule has 2 aromatic carbocycles. The predicted molar refractivity (Wildman–Crippen MR) is 129 cm³/mol. The van der Waals surface area contributed by atoms with Crippen molar-refractivity contribution in [3.63, 3.8) is 0 Å². The Morgan fingerprint density at radius 2 is 1.76 bits per heavy atom. The Balaban J connectivity index is 1.42. The van der Waals surface area contributed by atoms with Gasteiger partial charge in [-0.3, -0.25) is 4.79 Å². The van der Waals surface area contributed by atoms with Crippen LogP contribution >= 0.6 is 0 Å². The lowest BCUT2D eigenvalue weighted by Gasteiger charge is -2.22. The molecule has 0 saturated heterocycles. The number of esters is 1. The van der Waals surface area contributed by atoms with Crippen molar-refractivity contribution in [1.29, 1.82) is 0 Å². The summed E-state index contributed by atoms with van der Waals surface area (Å²) in [4.78, 5) is 37.2. The molecule has 1 heterocycles. The number of ether oxygens (including phenoxy) is 2. The summed E-state index contributed by atoms with van der Waals surface area (Å²) in [5, 5.41) is 3.50. The Labute approximate surface area is 197 Å². The average Bonchev–Trinajstić information content (AvgIpc) is 2.84. The molecule has 1 fully saturated rings. The van der Waals surface area contributed by atoms with Crippen molar-refractivity contribution in [2.75, 3.05) is 6.61 Å². The number of hydrogen-bond acceptors (Lipinski definition) is 6. The summed E-state index contributed by atoms with van der Waals surface area (Å²) >= 11 is 0. The van der Waals surface area contributed by atoms with Crippen molar-refractivity contribution in [2.24, 2.45) is 0 Å². The first kappa shape index (κ1) is 23.3. The zero-order chi connectivity index (χ0) is 23.9. The Bertz CT molecular complexity index is 1250. The maximum Gasteiger partial charge on any atom is 0.349 e. The molecule has 1 aliphatic rings. The van der Waals surface area contributed by atoms with E-state index in [1.54, 1.807) is 18.2 Å². The van der Waals surface area contributed by atoms with Gasteiger partial charge >= 0.3 is 11.6 Å². The molecule has 34 heavy (non-hydrogen) atoms. The fraction of sp³-hybridized carbons (Fsp3) is 0.296. The Hall–Kier alpha value is -3.87. The van der Waals surface area contributed by atoms with Gasteiger partial charge in [0.1, 0.15) is 22.6 Å². The maximum atomic E-state index is 12.6. The second kappa shape index (κ2) is 10.8. The molecule has 1 aliphatic carbocycles. The van der Waals surface area contributed by atoms with Crippen LogP contribution in [0.2, 0.25) is 0 Å². The molecule has 0 radical (unpaired) electrons. The Kier molecular flexibility index (Phi) is 7.42. The molecule has 0 atom stereocenters. The smallest absolute Gasteiger partial charge is 0.349 e. The SMILES string of the molecule is CCOc1ccc(/C=C/C(=O)Oc2ccc3cc(C(=O)NC4CCCCC4)c(=O)oc3c2)cc1. The van der Waals surface area contributed by atoms with E-state index in [4.69, 9.17) is 13.9 Å². The van der Waals surface area contributed by atoms with E-state index in [9.17, 15) is 14.4 Å². The molecule has 176 valence electrons. The fourth-order valence-electron chi connectivity index (χ4n) is 3.98. The number of benzene rings is 2. The van der Waals surface area contributed by atoms with E-state index >= 15 is 0 Å². The molecule has 3 aromatic rings.